The molecule has 0 unspecified atom stereocenters. The van der Waals surface area contributed by atoms with E-state index in [4.69, 9.17) is 4.98 Å². The fourth-order valence-corrected chi connectivity index (χ4v) is 3.61. The van der Waals surface area contributed by atoms with Crippen LogP contribution in [0.4, 0.5) is 11.4 Å². The van der Waals surface area contributed by atoms with E-state index in [1.807, 2.05) is 18.2 Å². The van der Waals surface area contributed by atoms with E-state index in [0.717, 1.165) is 16.9 Å². The molecule has 3 aromatic rings. The number of amides is 1. The highest BCUT2D eigenvalue weighted by molar-refractivity contribution is 6.05. The second kappa shape index (κ2) is 7.19. The van der Waals surface area contributed by atoms with Crippen LogP contribution in [-0.2, 0) is 0 Å². The lowest BCUT2D eigenvalue weighted by molar-refractivity contribution is -0.384. The molecule has 1 heterocycles. The summed E-state index contributed by atoms with van der Waals surface area (Å²) in [5, 5.41) is 13.5. The number of aromatic amines is 1. The van der Waals surface area contributed by atoms with Crippen molar-refractivity contribution in [2.75, 3.05) is 5.32 Å². The van der Waals surface area contributed by atoms with Crippen molar-refractivity contribution >= 4 is 28.3 Å². The lowest BCUT2D eigenvalue weighted by Crippen LogP contribution is -2.11. The van der Waals surface area contributed by atoms with Gasteiger partial charge in [0.05, 0.1) is 16.0 Å². The Morgan fingerprint density at radius 2 is 1.85 bits per heavy atom. The number of fused-ring (bicyclic) bond motifs is 1. The number of H-pyrrole nitrogens is 1. The summed E-state index contributed by atoms with van der Waals surface area (Å²) in [6.07, 6.45) is 6.14. The van der Waals surface area contributed by atoms with Crippen molar-refractivity contribution < 1.29 is 9.72 Å². The van der Waals surface area contributed by atoms with Crippen molar-refractivity contribution in [1.82, 2.24) is 9.97 Å². The predicted molar refractivity (Wildman–Crippen MR) is 103 cm³/mol. The largest absolute Gasteiger partial charge is 0.342 e. The molecule has 1 saturated carbocycles. The van der Waals surface area contributed by atoms with Crippen LogP contribution in [0.15, 0.2) is 42.5 Å². The van der Waals surface area contributed by atoms with Crippen LogP contribution in [0.5, 0.6) is 0 Å². The standard InChI is InChI=1S/C20H20N4O3/c25-20(14-6-9-16(10-7-14)24(26)27)21-15-8-11-17-18(12-15)23-19(22-17)13-4-2-1-3-5-13/h6-13H,1-5H2,(H,21,25)(H,22,23). The number of aromatic nitrogens is 2. The van der Waals surface area contributed by atoms with Crippen molar-refractivity contribution in [3.63, 3.8) is 0 Å². The normalized spacial score (nSPS) is 15.0. The number of carbonyl (C=O) groups excluding carboxylic acids is 1. The summed E-state index contributed by atoms with van der Waals surface area (Å²) in [6.45, 7) is 0. The lowest BCUT2D eigenvalue weighted by atomic mass is 9.89. The van der Waals surface area contributed by atoms with Crippen molar-refractivity contribution in [2.45, 2.75) is 38.0 Å². The van der Waals surface area contributed by atoms with Crippen LogP contribution in [0, 0.1) is 10.1 Å². The molecule has 1 aromatic heterocycles. The lowest BCUT2D eigenvalue weighted by Gasteiger charge is -2.18. The van der Waals surface area contributed by atoms with Crippen LogP contribution < -0.4 is 5.32 Å². The highest BCUT2D eigenvalue weighted by Crippen LogP contribution is 2.32. The summed E-state index contributed by atoms with van der Waals surface area (Å²) in [5.74, 6) is 1.21. The molecule has 0 bridgehead atoms. The molecule has 2 aromatic carbocycles. The number of rotatable bonds is 4. The van der Waals surface area contributed by atoms with E-state index in [-0.39, 0.29) is 11.6 Å². The van der Waals surface area contributed by atoms with Crippen LogP contribution in [0.2, 0.25) is 0 Å². The zero-order valence-electron chi connectivity index (χ0n) is 14.8. The van der Waals surface area contributed by atoms with E-state index in [1.165, 1.54) is 56.4 Å². The monoisotopic (exact) mass is 364 g/mol. The van der Waals surface area contributed by atoms with Crippen LogP contribution in [0.25, 0.3) is 11.0 Å². The summed E-state index contributed by atoms with van der Waals surface area (Å²) >= 11 is 0. The maximum atomic E-state index is 12.4. The summed E-state index contributed by atoms with van der Waals surface area (Å²) in [7, 11) is 0. The maximum absolute atomic E-state index is 12.4. The number of hydrogen-bond donors (Lipinski definition) is 2. The number of nitrogens with zero attached hydrogens (tertiary/aromatic N) is 2. The van der Waals surface area contributed by atoms with Crippen molar-refractivity contribution in [3.05, 3.63) is 64.0 Å². The van der Waals surface area contributed by atoms with E-state index < -0.39 is 4.92 Å². The molecular formula is C20H20N4O3. The number of carbonyl (C=O) groups is 1. The molecule has 0 spiro atoms. The summed E-state index contributed by atoms with van der Waals surface area (Å²) < 4.78 is 0. The van der Waals surface area contributed by atoms with Crippen molar-refractivity contribution in [3.8, 4) is 0 Å². The highest BCUT2D eigenvalue weighted by Gasteiger charge is 2.19. The third-order valence-corrected chi connectivity index (χ3v) is 5.09. The average Bonchev–Trinajstić information content (AvgIpc) is 3.12. The van der Waals surface area contributed by atoms with Gasteiger partial charge in [-0.15, -0.1) is 0 Å². The second-order valence-corrected chi connectivity index (χ2v) is 6.95. The van der Waals surface area contributed by atoms with Gasteiger partial charge in [0.25, 0.3) is 11.6 Å². The molecular weight excluding hydrogens is 344 g/mol. The Morgan fingerprint density at radius 3 is 2.56 bits per heavy atom. The highest BCUT2D eigenvalue weighted by atomic mass is 16.6. The number of non-ortho nitro benzene ring substituents is 1. The third kappa shape index (κ3) is 3.67. The quantitative estimate of drug-likeness (QED) is 0.514. The van der Waals surface area contributed by atoms with Crippen LogP contribution in [0.3, 0.4) is 0 Å². The van der Waals surface area contributed by atoms with Gasteiger partial charge in [-0.3, -0.25) is 14.9 Å². The molecule has 7 nitrogen and oxygen atoms in total. The van der Waals surface area contributed by atoms with Crippen LogP contribution >= 0.6 is 0 Å². The first kappa shape index (κ1) is 17.2. The molecule has 2 N–H and O–H groups in total. The number of nitro benzene ring substituents is 1. The van der Waals surface area contributed by atoms with Gasteiger partial charge >= 0.3 is 0 Å². The van der Waals surface area contributed by atoms with Crippen molar-refractivity contribution in [2.24, 2.45) is 0 Å². The number of anilines is 1. The summed E-state index contributed by atoms with van der Waals surface area (Å²) in [5.41, 5.74) is 2.78. The first-order valence-corrected chi connectivity index (χ1v) is 9.15. The van der Waals surface area contributed by atoms with Gasteiger partial charge in [0.15, 0.2) is 0 Å². The smallest absolute Gasteiger partial charge is 0.269 e. The van der Waals surface area contributed by atoms with E-state index in [0.29, 0.717) is 17.2 Å². The molecule has 0 atom stereocenters. The van der Waals surface area contributed by atoms with Gasteiger partial charge in [-0.2, -0.15) is 0 Å². The minimum Gasteiger partial charge on any atom is -0.342 e. The van der Waals surface area contributed by atoms with Crippen LogP contribution in [-0.4, -0.2) is 20.8 Å². The second-order valence-electron chi connectivity index (χ2n) is 6.95. The van der Waals surface area contributed by atoms with Gasteiger partial charge in [-0.25, -0.2) is 4.98 Å². The van der Waals surface area contributed by atoms with Gasteiger partial charge in [0.2, 0.25) is 0 Å². The zero-order chi connectivity index (χ0) is 18.8. The zero-order valence-corrected chi connectivity index (χ0v) is 14.8. The Morgan fingerprint density at radius 1 is 1.11 bits per heavy atom. The fourth-order valence-electron chi connectivity index (χ4n) is 3.61. The van der Waals surface area contributed by atoms with Crippen molar-refractivity contribution in [1.29, 1.82) is 0 Å². The van der Waals surface area contributed by atoms with Gasteiger partial charge in [-0.05, 0) is 43.2 Å². The summed E-state index contributed by atoms with van der Waals surface area (Å²) in [6, 6.07) is 11.1. The Kier molecular flexibility index (Phi) is 4.58. The molecule has 1 fully saturated rings. The first-order valence-electron chi connectivity index (χ1n) is 9.15. The van der Waals surface area contributed by atoms with Gasteiger partial charge in [0, 0.05) is 29.3 Å². The Hall–Kier alpha value is -3.22. The third-order valence-electron chi connectivity index (χ3n) is 5.09. The average molecular weight is 364 g/mol. The molecule has 4 rings (SSSR count). The molecule has 138 valence electrons. The number of nitro groups is 1. The summed E-state index contributed by atoms with van der Waals surface area (Å²) in [4.78, 5) is 30.7. The van der Waals surface area contributed by atoms with Gasteiger partial charge in [0.1, 0.15) is 5.82 Å². The Balaban J connectivity index is 1.51. The minimum atomic E-state index is -0.488. The molecule has 1 amide bonds. The van der Waals surface area contributed by atoms with Crippen LogP contribution in [0.1, 0.15) is 54.2 Å². The fraction of sp³-hybridized carbons (Fsp3) is 0.300. The topological polar surface area (TPSA) is 101 Å². The Bertz CT molecular complexity index is 988. The maximum Gasteiger partial charge on any atom is 0.269 e. The molecule has 0 aliphatic heterocycles. The number of benzene rings is 2. The minimum absolute atomic E-state index is 0.0410. The predicted octanol–water partition coefficient (Wildman–Crippen LogP) is 4.77. The van der Waals surface area contributed by atoms with E-state index in [1.54, 1.807) is 0 Å². The molecule has 0 saturated heterocycles. The van der Waals surface area contributed by atoms with Gasteiger partial charge in [-0.1, -0.05) is 19.3 Å². The molecule has 1 aliphatic rings. The first-order chi connectivity index (χ1) is 13.1. The van der Waals surface area contributed by atoms with E-state index in [2.05, 4.69) is 10.3 Å². The SMILES string of the molecule is O=C(Nc1ccc2nc(C3CCCCC3)[nH]c2c1)c1ccc([N+](=O)[O-])cc1. The van der Waals surface area contributed by atoms with E-state index >= 15 is 0 Å². The number of nitrogens with one attached hydrogen (secondary N) is 2. The Labute approximate surface area is 156 Å². The van der Waals surface area contributed by atoms with E-state index in [9.17, 15) is 14.9 Å². The number of hydrogen-bond acceptors (Lipinski definition) is 4. The molecule has 1 aliphatic carbocycles. The molecule has 27 heavy (non-hydrogen) atoms. The number of imidazole rings is 1. The molecule has 7 heteroatoms. The van der Waals surface area contributed by atoms with Gasteiger partial charge < -0.3 is 10.3 Å². The molecule has 0 radical (unpaired) electrons.